The minimum atomic E-state index is -0.0702. The topological polar surface area (TPSA) is 66.9 Å². The van der Waals surface area contributed by atoms with Crippen LogP contribution in [0.4, 0.5) is 16.6 Å². The summed E-state index contributed by atoms with van der Waals surface area (Å²) < 4.78 is 0. The van der Waals surface area contributed by atoms with E-state index in [4.69, 9.17) is 0 Å². The van der Waals surface area contributed by atoms with Crippen molar-refractivity contribution in [2.45, 2.75) is 27.2 Å². The first-order chi connectivity index (χ1) is 12.0. The fourth-order valence-electron chi connectivity index (χ4n) is 2.40. The Morgan fingerprint density at radius 3 is 2.76 bits per heavy atom. The number of amides is 1. The molecule has 0 aliphatic rings. The van der Waals surface area contributed by atoms with E-state index < -0.39 is 0 Å². The smallest absolute Gasteiger partial charge is 0.230 e. The molecule has 0 radical (unpaired) electrons. The van der Waals surface area contributed by atoms with Crippen LogP contribution in [0.15, 0.2) is 41.8 Å². The van der Waals surface area contributed by atoms with Crippen molar-refractivity contribution < 1.29 is 4.79 Å². The van der Waals surface area contributed by atoms with Gasteiger partial charge in [-0.1, -0.05) is 18.2 Å². The number of thiazole rings is 1. The molecule has 128 valence electrons. The Kier molecular flexibility index (Phi) is 5.09. The highest BCUT2D eigenvalue weighted by atomic mass is 32.1. The molecule has 3 aromatic rings. The van der Waals surface area contributed by atoms with Crippen LogP contribution in [0.25, 0.3) is 0 Å². The van der Waals surface area contributed by atoms with Gasteiger partial charge in [0, 0.05) is 16.8 Å². The zero-order valence-corrected chi connectivity index (χ0v) is 15.3. The van der Waals surface area contributed by atoms with Gasteiger partial charge in [0.15, 0.2) is 5.13 Å². The highest BCUT2D eigenvalue weighted by Gasteiger charge is 2.10. The Morgan fingerprint density at radius 2 is 1.96 bits per heavy atom. The lowest BCUT2D eigenvalue weighted by Gasteiger charge is -2.08. The molecule has 1 aromatic carbocycles. The summed E-state index contributed by atoms with van der Waals surface area (Å²) in [6.07, 6.45) is 0.243. The third-order valence-corrected chi connectivity index (χ3v) is 4.49. The number of benzene rings is 1. The molecule has 0 unspecified atom stereocenters. The Morgan fingerprint density at radius 1 is 1.12 bits per heavy atom. The standard InChI is InChI=1S/C19H20N4OS/c1-12-7-8-13(2)16(9-12)22-18(24)10-15-11-25-19(21-15)23-17-6-4-5-14(3)20-17/h4-9,11H,10H2,1-3H3,(H,22,24)(H,20,21,23). The van der Waals surface area contributed by atoms with E-state index in [2.05, 4.69) is 20.6 Å². The second-order valence-electron chi connectivity index (χ2n) is 5.98. The minimum absolute atomic E-state index is 0.0702. The molecule has 0 fully saturated rings. The van der Waals surface area contributed by atoms with E-state index in [9.17, 15) is 4.79 Å². The van der Waals surface area contributed by atoms with E-state index in [1.54, 1.807) is 0 Å². The molecule has 0 spiro atoms. The van der Waals surface area contributed by atoms with Crippen molar-refractivity contribution >= 4 is 33.9 Å². The molecule has 2 aromatic heterocycles. The van der Waals surface area contributed by atoms with Crippen molar-refractivity contribution in [3.63, 3.8) is 0 Å². The Balaban J connectivity index is 1.62. The average molecular weight is 352 g/mol. The third kappa shape index (κ3) is 4.64. The van der Waals surface area contributed by atoms with E-state index in [-0.39, 0.29) is 12.3 Å². The number of aromatic nitrogens is 2. The van der Waals surface area contributed by atoms with Gasteiger partial charge in [0.1, 0.15) is 5.82 Å². The monoisotopic (exact) mass is 352 g/mol. The van der Waals surface area contributed by atoms with Gasteiger partial charge in [-0.2, -0.15) is 0 Å². The summed E-state index contributed by atoms with van der Waals surface area (Å²) in [6.45, 7) is 5.93. The Hall–Kier alpha value is -2.73. The van der Waals surface area contributed by atoms with Crippen molar-refractivity contribution in [1.29, 1.82) is 0 Å². The second-order valence-corrected chi connectivity index (χ2v) is 6.83. The third-order valence-electron chi connectivity index (χ3n) is 3.68. The van der Waals surface area contributed by atoms with Crippen LogP contribution in [0, 0.1) is 20.8 Å². The quantitative estimate of drug-likeness (QED) is 0.715. The first-order valence-electron chi connectivity index (χ1n) is 8.02. The maximum atomic E-state index is 12.3. The molecular weight excluding hydrogens is 332 g/mol. The number of anilines is 3. The van der Waals surface area contributed by atoms with Crippen molar-refractivity contribution in [3.05, 3.63) is 64.3 Å². The van der Waals surface area contributed by atoms with E-state index in [1.807, 2.05) is 62.5 Å². The van der Waals surface area contributed by atoms with Gasteiger partial charge in [-0.05, 0) is 50.1 Å². The lowest BCUT2D eigenvalue weighted by atomic mass is 10.1. The summed E-state index contributed by atoms with van der Waals surface area (Å²) >= 11 is 1.46. The van der Waals surface area contributed by atoms with Crippen LogP contribution in [0.2, 0.25) is 0 Å². The molecule has 0 atom stereocenters. The first kappa shape index (κ1) is 17.1. The number of rotatable bonds is 5. The summed E-state index contributed by atoms with van der Waals surface area (Å²) in [5, 5.41) is 8.75. The van der Waals surface area contributed by atoms with Crippen molar-refractivity contribution in [2.75, 3.05) is 10.6 Å². The molecule has 0 saturated heterocycles. The van der Waals surface area contributed by atoms with E-state index in [1.165, 1.54) is 11.3 Å². The molecule has 0 aliphatic heterocycles. The molecule has 5 nitrogen and oxygen atoms in total. The van der Waals surface area contributed by atoms with Gasteiger partial charge < -0.3 is 10.6 Å². The number of carbonyl (C=O) groups excluding carboxylic acids is 1. The van der Waals surface area contributed by atoms with Gasteiger partial charge in [0.2, 0.25) is 5.91 Å². The van der Waals surface area contributed by atoms with E-state index in [0.717, 1.165) is 39.2 Å². The van der Waals surface area contributed by atoms with Gasteiger partial charge in [0.25, 0.3) is 0 Å². The fraction of sp³-hybridized carbons (Fsp3) is 0.211. The van der Waals surface area contributed by atoms with Crippen LogP contribution in [0.3, 0.4) is 0 Å². The minimum Gasteiger partial charge on any atom is -0.325 e. The molecule has 2 heterocycles. The molecule has 0 bridgehead atoms. The first-order valence-corrected chi connectivity index (χ1v) is 8.90. The SMILES string of the molecule is Cc1ccc(C)c(NC(=O)Cc2csc(Nc3cccc(C)n3)n2)c1. The number of nitrogens with zero attached hydrogens (tertiary/aromatic N) is 2. The van der Waals surface area contributed by atoms with Gasteiger partial charge in [-0.25, -0.2) is 9.97 Å². The number of nitrogens with one attached hydrogen (secondary N) is 2. The van der Waals surface area contributed by atoms with E-state index >= 15 is 0 Å². The van der Waals surface area contributed by atoms with Gasteiger partial charge in [-0.3, -0.25) is 4.79 Å². The molecule has 6 heteroatoms. The predicted molar refractivity (Wildman–Crippen MR) is 103 cm³/mol. The number of aryl methyl sites for hydroxylation is 3. The van der Waals surface area contributed by atoms with Gasteiger partial charge in [0.05, 0.1) is 12.1 Å². The van der Waals surface area contributed by atoms with Gasteiger partial charge in [-0.15, -0.1) is 11.3 Å². The van der Waals surface area contributed by atoms with Crippen LogP contribution in [0.1, 0.15) is 22.5 Å². The summed E-state index contributed by atoms with van der Waals surface area (Å²) in [5.41, 5.74) is 4.69. The second kappa shape index (κ2) is 7.44. The predicted octanol–water partition coefficient (Wildman–Crippen LogP) is 4.39. The number of carbonyl (C=O) groups is 1. The van der Waals surface area contributed by atoms with Crippen molar-refractivity contribution in [1.82, 2.24) is 9.97 Å². The lowest BCUT2D eigenvalue weighted by molar-refractivity contribution is -0.115. The molecule has 0 aliphatic carbocycles. The summed E-state index contributed by atoms with van der Waals surface area (Å²) in [7, 11) is 0. The highest BCUT2D eigenvalue weighted by molar-refractivity contribution is 7.13. The maximum Gasteiger partial charge on any atom is 0.230 e. The van der Waals surface area contributed by atoms with Crippen LogP contribution >= 0.6 is 11.3 Å². The Bertz CT molecular complexity index is 904. The van der Waals surface area contributed by atoms with Crippen LogP contribution in [-0.2, 0) is 11.2 Å². The molecule has 25 heavy (non-hydrogen) atoms. The van der Waals surface area contributed by atoms with Crippen molar-refractivity contribution in [3.8, 4) is 0 Å². The Labute approximate surface area is 151 Å². The van der Waals surface area contributed by atoms with Crippen LogP contribution in [0.5, 0.6) is 0 Å². The molecule has 0 saturated carbocycles. The molecular formula is C19H20N4OS. The zero-order valence-electron chi connectivity index (χ0n) is 14.5. The van der Waals surface area contributed by atoms with Crippen LogP contribution < -0.4 is 10.6 Å². The average Bonchev–Trinajstić information content (AvgIpc) is 2.97. The zero-order chi connectivity index (χ0) is 17.8. The lowest BCUT2D eigenvalue weighted by Crippen LogP contribution is -2.15. The molecule has 1 amide bonds. The maximum absolute atomic E-state index is 12.3. The largest absolute Gasteiger partial charge is 0.325 e. The van der Waals surface area contributed by atoms with Crippen molar-refractivity contribution in [2.24, 2.45) is 0 Å². The highest BCUT2D eigenvalue weighted by Crippen LogP contribution is 2.21. The number of hydrogen-bond acceptors (Lipinski definition) is 5. The summed E-state index contributed by atoms with van der Waals surface area (Å²) in [6, 6.07) is 11.8. The summed E-state index contributed by atoms with van der Waals surface area (Å²) in [4.78, 5) is 21.1. The number of hydrogen-bond donors (Lipinski definition) is 2. The number of pyridine rings is 1. The normalized spacial score (nSPS) is 10.5. The van der Waals surface area contributed by atoms with Gasteiger partial charge >= 0.3 is 0 Å². The summed E-state index contributed by atoms with van der Waals surface area (Å²) in [5.74, 6) is 0.681. The fourth-order valence-corrected chi connectivity index (χ4v) is 3.11. The molecule has 2 N–H and O–H groups in total. The molecule has 3 rings (SSSR count). The van der Waals surface area contributed by atoms with E-state index in [0.29, 0.717) is 0 Å². The van der Waals surface area contributed by atoms with Crippen LogP contribution in [-0.4, -0.2) is 15.9 Å².